The van der Waals surface area contributed by atoms with Crippen LogP contribution in [0.25, 0.3) is 5.69 Å². The first-order chi connectivity index (χ1) is 11.7. The van der Waals surface area contributed by atoms with Gasteiger partial charge in [-0.25, -0.2) is 4.68 Å². The van der Waals surface area contributed by atoms with Crippen LogP contribution < -0.4 is 5.32 Å². The minimum Gasteiger partial charge on any atom is -0.349 e. The van der Waals surface area contributed by atoms with Crippen LogP contribution in [0.1, 0.15) is 29.3 Å². The molecule has 4 nitrogen and oxygen atoms in total. The summed E-state index contributed by atoms with van der Waals surface area (Å²) in [6, 6.07) is 20.2. The minimum atomic E-state index is -0.0854. The van der Waals surface area contributed by atoms with E-state index in [9.17, 15) is 4.79 Å². The molecule has 0 fully saturated rings. The van der Waals surface area contributed by atoms with Crippen molar-refractivity contribution in [3.8, 4) is 5.69 Å². The Morgan fingerprint density at radius 3 is 2.46 bits per heavy atom. The molecule has 0 radical (unpaired) electrons. The van der Waals surface area contributed by atoms with Crippen LogP contribution in [0.15, 0.2) is 73.1 Å². The number of hydrogen-bond acceptors (Lipinski definition) is 2. The van der Waals surface area contributed by atoms with Gasteiger partial charge in [-0.2, -0.15) is 5.10 Å². The van der Waals surface area contributed by atoms with Crippen molar-refractivity contribution in [2.24, 2.45) is 0 Å². The van der Waals surface area contributed by atoms with Gasteiger partial charge in [0.2, 0.25) is 0 Å². The van der Waals surface area contributed by atoms with Crippen LogP contribution in [-0.4, -0.2) is 21.7 Å². The molecule has 1 heterocycles. The molecular weight excluding hydrogens is 298 g/mol. The molecular formula is C20H21N3O. The van der Waals surface area contributed by atoms with Crippen molar-refractivity contribution >= 4 is 5.91 Å². The number of aryl methyl sites for hydroxylation is 1. The molecule has 0 unspecified atom stereocenters. The number of nitrogens with zero attached hydrogens (tertiary/aromatic N) is 2. The summed E-state index contributed by atoms with van der Waals surface area (Å²) in [4.78, 5) is 12.3. The van der Waals surface area contributed by atoms with E-state index in [-0.39, 0.29) is 11.9 Å². The molecule has 0 aliphatic carbocycles. The lowest BCUT2D eigenvalue weighted by molar-refractivity contribution is 0.0938. The predicted molar refractivity (Wildman–Crippen MR) is 95.3 cm³/mol. The monoisotopic (exact) mass is 319 g/mol. The first-order valence-corrected chi connectivity index (χ1v) is 8.17. The molecule has 3 rings (SSSR count). The molecule has 0 saturated carbocycles. The van der Waals surface area contributed by atoms with Crippen molar-refractivity contribution in [3.05, 3.63) is 84.2 Å². The summed E-state index contributed by atoms with van der Waals surface area (Å²) in [5, 5.41) is 7.30. The van der Waals surface area contributed by atoms with Crippen molar-refractivity contribution in [2.45, 2.75) is 25.8 Å². The van der Waals surface area contributed by atoms with Crippen LogP contribution in [0.3, 0.4) is 0 Å². The van der Waals surface area contributed by atoms with Crippen molar-refractivity contribution in [3.63, 3.8) is 0 Å². The van der Waals surface area contributed by atoms with E-state index in [2.05, 4.69) is 22.5 Å². The molecule has 0 bridgehead atoms. The quantitative estimate of drug-likeness (QED) is 0.754. The Labute approximate surface area is 142 Å². The van der Waals surface area contributed by atoms with Gasteiger partial charge in [-0.3, -0.25) is 4.79 Å². The SMILES string of the molecule is C[C@@H](CCc1ccccc1)NC(=O)c1cnn(-c2ccccc2)c1. The zero-order valence-corrected chi connectivity index (χ0v) is 13.7. The Balaban J connectivity index is 1.56. The van der Waals surface area contributed by atoms with E-state index < -0.39 is 0 Å². The van der Waals surface area contributed by atoms with Crippen LogP contribution in [-0.2, 0) is 6.42 Å². The second kappa shape index (κ2) is 7.59. The fourth-order valence-corrected chi connectivity index (χ4v) is 2.57. The normalized spacial score (nSPS) is 11.9. The average Bonchev–Trinajstić information content (AvgIpc) is 3.12. The highest BCUT2D eigenvalue weighted by Gasteiger charge is 2.12. The number of hydrogen-bond donors (Lipinski definition) is 1. The van der Waals surface area contributed by atoms with E-state index in [0.717, 1.165) is 18.5 Å². The van der Waals surface area contributed by atoms with Gasteiger partial charge in [0.15, 0.2) is 0 Å². The number of benzene rings is 2. The Hall–Kier alpha value is -2.88. The molecule has 1 aromatic heterocycles. The molecule has 0 saturated heterocycles. The molecule has 122 valence electrons. The maximum absolute atomic E-state index is 12.3. The van der Waals surface area contributed by atoms with Gasteiger partial charge in [-0.1, -0.05) is 48.5 Å². The number of carbonyl (C=O) groups excluding carboxylic acids is 1. The standard InChI is InChI=1S/C20H21N3O/c1-16(12-13-17-8-4-2-5-9-17)22-20(24)18-14-21-23(15-18)19-10-6-3-7-11-19/h2-11,14-16H,12-13H2,1H3,(H,22,24)/t16-/m0/s1. The fourth-order valence-electron chi connectivity index (χ4n) is 2.57. The Morgan fingerprint density at radius 2 is 1.75 bits per heavy atom. The third-order valence-corrected chi connectivity index (χ3v) is 3.95. The predicted octanol–water partition coefficient (Wildman–Crippen LogP) is 3.62. The highest BCUT2D eigenvalue weighted by atomic mass is 16.1. The summed E-state index contributed by atoms with van der Waals surface area (Å²) in [5.41, 5.74) is 2.80. The van der Waals surface area contributed by atoms with Crippen LogP contribution >= 0.6 is 0 Å². The molecule has 1 atom stereocenters. The van der Waals surface area contributed by atoms with E-state index in [1.165, 1.54) is 5.56 Å². The lowest BCUT2D eigenvalue weighted by Crippen LogP contribution is -2.32. The van der Waals surface area contributed by atoms with Gasteiger partial charge in [-0.05, 0) is 37.5 Å². The molecule has 0 aliphatic heterocycles. The Kier molecular flexibility index (Phi) is 5.06. The molecule has 1 amide bonds. The second-order valence-corrected chi connectivity index (χ2v) is 5.91. The van der Waals surface area contributed by atoms with Gasteiger partial charge in [0, 0.05) is 12.2 Å². The lowest BCUT2D eigenvalue weighted by atomic mass is 10.1. The molecule has 1 N–H and O–H groups in total. The number of nitrogens with one attached hydrogen (secondary N) is 1. The second-order valence-electron chi connectivity index (χ2n) is 5.91. The number of para-hydroxylation sites is 1. The Morgan fingerprint density at radius 1 is 1.08 bits per heavy atom. The van der Waals surface area contributed by atoms with Crippen LogP contribution in [0.2, 0.25) is 0 Å². The lowest BCUT2D eigenvalue weighted by Gasteiger charge is -2.13. The van der Waals surface area contributed by atoms with E-state index >= 15 is 0 Å². The molecule has 4 heteroatoms. The van der Waals surface area contributed by atoms with Gasteiger partial charge in [-0.15, -0.1) is 0 Å². The molecule has 3 aromatic rings. The van der Waals surface area contributed by atoms with Crippen molar-refractivity contribution < 1.29 is 4.79 Å². The molecule has 2 aromatic carbocycles. The minimum absolute atomic E-state index is 0.0854. The molecule has 24 heavy (non-hydrogen) atoms. The third kappa shape index (κ3) is 4.10. The maximum Gasteiger partial charge on any atom is 0.254 e. The van der Waals surface area contributed by atoms with Crippen molar-refractivity contribution in [2.75, 3.05) is 0 Å². The van der Waals surface area contributed by atoms with Gasteiger partial charge in [0.05, 0.1) is 17.4 Å². The third-order valence-electron chi connectivity index (χ3n) is 3.95. The molecule has 0 aliphatic rings. The first kappa shape index (κ1) is 16.0. The van der Waals surface area contributed by atoms with E-state index in [1.54, 1.807) is 17.1 Å². The first-order valence-electron chi connectivity index (χ1n) is 8.17. The van der Waals surface area contributed by atoms with Gasteiger partial charge < -0.3 is 5.32 Å². The summed E-state index contributed by atoms with van der Waals surface area (Å²) in [6.07, 6.45) is 5.22. The number of aromatic nitrogens is 2. The summed E-state index contributed by atoms with van der Waals surface area (Å²) < 4.78 is 1.71. The van der Waals surface area contributed by atoms with Crippen molar-refractivity contribution in [1.29, 1.82) is 0 Å². The number of carbonyl (C=O) groups is 1. The Bertz CT molecular complexity index is 781. The average molecular weight is 319 g/mol. The summed E-state index contributed by atoms with van der Waals surface area (Å²) in [6.45, 7) is 2.03. The summed E-state index contributed by atoms with van der Waals surface area (Å²) in [5.74, 6) is -0.0854. The highest BCUT2D eigenvalue weighted by molar-refractivity contribution is 5.93. The van der Waals surface area contributed by atoms with Gasteiger partial charge >= 0.3 is 0 Å². The topological polar surface area (TPSA) is 46.9 Å². The fraction of sp³-hybridized carbons (Fsp3) is 0.200. The van der Waals surface area contributed by atoms with Crippen LogP contribution in [0.5, 0.6) is 0 Å². The summed E-state index contributed by atoms with van der Waals surface area (Å²) >= 11 is 0. The highest BCUT2D eigenvalue weighted by Crippen LogP contribution is 2.09. The number of amides is 1. The van der Waals surface area contributed by atoms with Crippen molar-refractivity contribution in [1.82, 2.24) is 15.1 Å². The van der Waals surface area contributed by atoms with Crippen LogP contribution in [0.4, 0.5) is 0 Å². The summed E-state index contributed by atoms with van der Waals surface area (Å²) in [7, 11) is 0. The zero-order valence-electron chi connectivity index (χ0n) is 13.7. The van der Waals surface area contributed by atoms with E-state index in [0.29, 0.717) is 5.56 Å². The smallest absolute Gasteiger partial charge is 0.254 e. The van der Waals surface area contributed by atoms with E-state index in [1.807, 2.05) is 55.5 Å². The molecule has 0 spiro atoms. The maximum atomic E-state index is 12.3. The zero-order chi connectivity index (χ0) is 16.8. The van der Waals surface area contributed by atoms with Gasteiger partial charge in [0.25, 0.3) is 5.91 Å². The van der Waals surface area contributed by atoms with Gasteiger partial charge in [0.1, 0.15) is 0 Å². The number of rotatable bonds is 6. The largest absolute Gasteiger partial charge is 0.349 e. The van der Waals surface area contributed by atoms with Crippen LogP contribution in [0, 0.1) is 0 Å². The van der Waals surface area contributed by atoms with E-state index in [4.69, 9.17) is 0 Å².